The molecular formula is C19H19FO4S. The fourth-order valence-electron chi connectivity index (χ4n) is 2.37. The Hall–Kier alpha value is -2.34. The molecule has 0 bridgehead atoms. The predicted molar refractivity (Wildman–Crippen MR) is 95.5 cm³/mol. The topological polar surface area (TPSA) is 74.6 Å². The zero-order chi connectivity index (χ0) is 18.2. The van der Waals surface area contributed by atoms with E-state index in [4.69, 9.17) is 5.11 Å². The van der Waals surface area contributed by atoms with Gasteiger partial charge in [0.05, 0.1) is 6.42 Å². The minimum absolute atomic E-state index is 0.0466. The summed E-state index contributed by atoms with van der Waals surface area (Å²) in [5.74, 6) is -1.43. The number of carboxylic acids is 2. The SMILES string of the molecule is O=C(O)Cc1ccc(CC(SCCc2ccc(F)cc2)C(=O)O)cc1. The molecule has 132 valence electrons. The molecule has 2 N–H and O–H groups in total. The van der Waals surface area contributed by atoms with E-state index in [0.717, 1.165) is 11.1 Å². The Labute approximate surface area is 149 Å². The summed E-state index contributed by atoms with van der Waals surface area (Å²) in [7, 11) is 0. The van der Waals surface area contributed by atoms with Crippen molar-refractivity contribution in [2.45, 2.75) is 24.5 Å². The second-order valence-electron chi connectivity index (χ2n) is 5.67. The number of carboxylic acid groups (broad SMARTS) is 2. The summed E-state index contributed by atoms with van der Waals surface area (Å²) in [6.07, 6.45) is 0.998. The second kappa shape index (κ2) is 9.22. The third-order valence-electron chi connectivity index (χ3n) is 3.70. The smallest absolute Gasteiger partial charge is 0.316 e. The van der Waals surface area contributed by atoms with Crippen LogP contribution in [0.15, 0.2) is 48.5 Å². The van der Waals surface area contributed by atoms with Crippen molar-refractivity contribution >= 4 is 23.7 Å². The summed E-state index contributed by atoms with van der Waals surface area (Å²) < 4.78 is 12.9. The summed E-state index contributed by atoms with van der Waals surface area (Å²) in [5, 5.41) is 17.6. The van der Waals surface area contributed by atoms with Crippen LogP contribution in [0.2, 0.25) is 0 Å². The van der Waals surface area contributed by atoms with Crippen LogP contribution in [0.1, 0.15) is 16.7 Å². The normalized spacial score (nSPS) is 11.9. The lowest BCUT2D eigenvalue weighted by molar-refractivity contribution is -0.137. The standard InChI is InChI=1S/C19H19FO4S/c20-16-7-5-13(6-8-16)9-10-25-17(19(23)24)11-14-1-3-15(4-2-14)12-18(21)22/h1-8,17H,9-12H2,(H,21,22)(H,23,24). The summed E-state index contributed by atoms with van der Waals surface area (Å²) >= 11 is 1.35. The minimum atomic E-state index is -0.896. The van der Waals surface area contributed by atoms with Gasteiger partial charge in [-0.3, -0.25) is 9.59 Å². The lowest BCUT2D eigenvalue weighted by Gasteiger charge is -2.12. The number of halogens is 1. The number of aryl methyl sites for hydroxylation is 1. The number of benzene rings is 2. The number of thioether (sulfide) groups is 1. The van der Waals surface area contributed by atoms with Gasteiger partial charge in [0.2, 0.25) is 0 Å². The molecule has 2 aromatic carbocycles. The van der Waals surface area contributed by atoms with E-state index >= 15 is 0 Å². The van der Waals surface area contributed by atoms with Gasteiger partial charge in [0, 0.05) is 0 Å². The van der Waals surface area contributed by atoms with Crippen LogP contribution >= 0.6 is 11.8 Å². The van der Waals surface area contributed by atoms with Crippen molar-refractivity contribution in [3.8, 4) is 0 Å². The van der Waals surface area contributed by atoms with Gasteiger partial charge in [-0.1, -0.05) is 36.4 Å². The first-order valence-corrected chi connectivity index (χ1v) is 8.87. The molecule has 0 fully saturated rings. The molecule has 0 saturated heterocycles. The summed E-state index contributed by atoms with van der Waals surface area (Å²) in [6.45, 7) is 0. The number of rotatable bonds is 9. The Bertz CT molecular complexity index is 713. The van der Waals surface area contributed by atoms with Gasteiger partial charge in [-0.2, -0.15) is 0 Å². The number of hydrogen-bond acceptors (Lipinski definition) is 3. The van der Waals surface area contributed by atoms with Crippen LogP contribution in [0.5, 0.6) is 0 Å². The molecule has 4 nitrogen and oxygen atoms in total. The molecule has 0 aliphatic heterocycles. The van der Waals surface area contributed by atoms with Gasteiger partial charge in [0.15, 0.2) is 0 Å². The highest BCUT2D eigenvalue weighted by molar-refractivity contribution is 8.00. The van der Waals surface area contributed by atoms with E-state index in [1.807, 2.05) is 0 Å². The van der Waals surface area contributed by atoms with Gasteiger partial charge < -0.3 is 10.2 Å². The maximum Gasteiger partial charge on any atom is 0.316 e. The molecule has 1 unspecified atom stereocenters. The van der Waals surface area contributed by atoms with Crippen molar-refractivity contribution in [3.05, 3.63) is 71.0 Å². The minimum Gasteiger partial charge on any atom is -0.481 e. The van der Waals surface area contributed by atoms with Crippen LogP contribution in [0.25, 0.3) is 0 Å². The lowest BCUT2D eigenvalue weighted by Crippen LogP contribution is -2.20. The van der Waals surface area contributed by atoms with Gasteiger partial charge in [-0.05, 0) is 47.4 Å². The molecule has 0 amide bonds. The Morgan fingerprint density at radius 1 is 0.920 bits per heavy atom. The Morgan fingerprint density at radius 3 is 2.04 bits per heavy atom. The number of hydrogen-bond donors (Lipinski definition) is 2. The third-order valence-corrected chi connectivity index (χ3v) is 4.91. The van der Waals surface area contributed by atoms with Crippen LogP contribution in [0, 0.1) is 5.82 Å². The van der Waals surface area contributed by atoms with Crippen LogP contribution in [-0.4, -0.2) is 33.2 Å². The van der Waals surface area contributed by atoms with Crippen molar-refractivity contribution in [1.82, 2.24) is 0 Å². The van der Waals surface area contributed by atoms with Gasteiger partial charge >= 0.3 is 11.9 Å². The van der Waals surface area contributed by atoms with Gasteiger partial charge in [0.25, 0.3) is 0 Å². The Balaban J connectivity index is 1.88. The van der Waals surface area contributed by atoms with E-state index in [0.29, 0.717) is 24.2 Å². The fourth-order valence-corrected chi connectivity index (χ4v) is 3.46. The zero-order valence-corrected chi connectivity index (χ0v) is 14.3. The van der Waals surface area contributed by atoms with Crippen LogP contribution in [0.4, 0.5) is 4.39 Å². The summed E-state index contributed by atoms with van der Waals surface area (Å²) in [4.78, 5) is 22.1. The van der Waals surface area contributed by atoms with Crippen molar-refractivity contribution in [1.29, 1.82) is 0 Å². The molecule has 0 radical (unpaired) electrons. The predicted octanol–water partition coefficient (Wildman–Crippen LogP) is 3.42. The molecule has 6 heteroatoms. The van der Waals surface area contributed by atoms with E-state index in [1.54, 1.807) is 36.4 Å². The lowest BCUT2D eigenvalue weighted by atomic mass is 10.1. The highest BCUT2D eigenvalue weighted by atomic mass is 32.2. The molecule has 0 aliphatic carbocycles. The quantitative estimate of drug-likeness (QED) is 0.715. The molecule has 1 atom stereocenters. The molecule has 0 heterocycles. The maximum atomic E-state index is 12.9. The molecule has 0 aliphatic rings. The zero-order valence-electron chi connectivity index (χ0n) is 13.5. The average molecular weight is 362 g/mol. The Kier molecular flexibility index (Phi) is 7.01. The number of carbonyl (C=O) groups is 2. The first-order valence-electron chi connectivity index (χ1n) is 7.82. The molecule has 25 heavy (non-hydrogen) atoms. The Morgan fingerprint density at radius 2 is 1.48 bits per heavy atom. The highest BCUT2D eigenvalue weighted by Gasteiger charge is 2.18. The van der Waals surface area contributed by atoms with Crippen molar-refractivity contribution in [2.24, 2.45) is 0 Å². The van der Waals surface area contributed by atoms with Gasteiger partial charge in [-0.15, -0.1) is 11.8 Å². The van der Waals surface area contributed by atoms with E-state index in [-0.39, 0.29) is 12.2 Å². The monoisotopic (exact) mass is 362 g/mol. The van der Waals surface area contributed by atoms with Gasteiger partial charge in [0.1, 0.15) is 11.1 Å². The van der Waals surface area contributed by atoms with E-state index in [9.17, 15) is 19.1 Å². The molecule has 0 spiro atoms. The summed E-state index contributed by atoms with van der Waals surface area (Å²) in [6, 6.07) is 13.2. The first kappa shape index (κ1) is 19.0. The molecule has 0 saturated carbocycles. The largest absolute Gasteiger partial charge is 0.481 e. The van der Waals surface area contributed by atoms with E-state index in [2.05, 4.69) is 0 Å². The molecule has 0 aromatic heterocycles. The van der Waals surface area contributed by atoms with Crippen LogP contribution in [0.3, 0.4) is 0 Å². The molecule has 2 rings (SSSR count). The fraction of sp³-hybridized carbons (Fsp3) is 0.263. The third kappa shape index (κ3) is 6.58. The maximum absolute atomic E-state index is 12.9. The second-order valence-corrected chi connectivity index (χ2v) is 6.98. The van der Waals surface area contributed by atoms with Crippen LogP contribution in [-0.2, 0) is 28.9 Å². The van der Waals surface area contributed by atoms with E-state index in [1.165, 1.54) is 23.9 Å². The van der Waals surface area contributed by atoms with Crippen molar-refractivity contribution in [3.63, 3.8) is 0 Å². The molecule has 2 aromatic rings. The molecular weight excluding hydrogens is 343 g/mol. The summed E-state index contributed by atoms with van der Waals surface area (Å²) in [5.41, 5.74) is 2.51. The van der Waals surface area contributed by atoms with Crippen LogP contribution < -0.4 is 0 Å². The van der Waals surface area contributed by atoms with Crippen molar-refractivity contribution < 1.29 is 24.2 Å². The van der Waals surface area contributed by atoms with Crippen molar-refractivity contribution in [2.75, 3.05) is 5.75 Å². The van der Waals surface area contributed by atoms with Gasteiger partial charge in [-0.25, -0.2) is 4.39 Å². The van der Waals surface area contributed by atoms with E-state index < -0.39 is 17.2 Å². The average Bonchev–Trinajstić information content (AvgIpc) is 2.56. The first-order chi connectivity index (χ1) is 11.9. The highest BCUT2D eigenvalue weighted by Crippen LogP contribution is 2.19. The number of aliphatic carboxylic acids is 2.